The highest BCUT2D eigenvalue weighted by molar-refractivity contribution is 7.17. The van der Waals surface area contributed by atoms with E-state index in [1.54, 1.807) is 35.9 Å². The van der Waals surface area contributed by atoms with Crippen molar-refractivity contribution in [1.82, 2.24) is 4.98 Å². The predicted octanol–water partition coefficient (Wildman–Crippen LogP) is 5.36. The van der Waals surface area contributed by atoms with E-state index in [1.807, 2.05) is 42.5 Å². The van der Waals surface area contributed by atoms with Gasteiger partial charge in [-0.1, -0.05) is 42.5 Å². The zero-order chi connectivity index (χ0) is 23.3. The van der Waals surface area contributed by atoms with Crippen LogP contribution in [0.3, 0.4) is 0 Å². The maximum Gasteiger partial charge on any atom is 0.290 e. The Kier molecular flexibility index (Phi) is 6.67. The van der Waals surface area contributed by atoms with Crippen molar-refractivity contribution >= 4 is 33.0 Å². The summed E-state index contributed by atoms with van der Waals surface area (Å²) in [4.78, 5) is 17.1. The highest BCUT2D eigenvalue weighted by Gasteiger charge is 2.30. The van der Waals surface area contributed by atoms with Crippen molar-refractivity contribution < 1.29 is 19.4 Å². The van der Waals surface area contributed by atoms with Crippen LogP contribution in [0.15, 0.2) is 90.3 Å². The van der Waals surface area contributed by atoms with E-state index >= 15 is 0 Å². The van der Waals surface area contributed by atoms with Gasteiger partial charge < -0.3 is 19.9 Å². The van der Waals surface area contributed by atoms with Crippen LogP contribution >= 0.6 is 11.3 Å². The summed E-state index contributed by atoms with van der Waals surface area (Å²) < 4.78 is 13.3. The number of benzene rings is 2. The minimum absolute atomic E-state index is 0.00332. The fraction of sp³-hybridized carbons (Fsp3) is 0.185. The molecule has 1 aliphatic heterocycles. The van der Waals surface area contributed by atoms with Crippen LogP contribution in [0.5, 0.6) is 0 Å². The first-order chi connectivity index (χ1) is 16.7. The van der Waals surface area contributed by atoms with Crippen LogP contribution < -0.4 is 5.32 Å². The summed E-state index contributed by atoms with van der Waals surface area (Å²) in [7, 11) is 0. The van der Waals surface area contributed by atoms with Crippen molar-refractivity contribution in [2.45, 2.75) is 31.8 Å². The average molecular weight is 473 g/mol. The molecule has 2 aromatic carbocycles. The maximum absolute atomic E-state index is 13.0. The molecule has 0 saturated heterocycles. The second kappa shape index (κ2) is 10.2. The number of nitrogens with one attached hydrogen (secondary N) is 1. The number of amides is 1. The van der Waals surface area contributed by atoms with Crippen LogP contribution in [0.4, 0.5) is 5.69 Å². The quantitative estimate of drug-likeness (QED) is 0.379. The molecule has 0 unspecified atom stereocenters. The van der Waals surface area contributed by atoms with Crippen LogP contribution in [0.2, 0.25) is 0 Å². The second-order valence-corrected chi connectivity index (χ2v) is 9.00. The van der Waals surface area contributed by atoms with Gasteiger partial charge in [-0.2, -0.15) is 0 Å². The molecule has 6 nitrogen and oxygen atoms in total. The summed E-state index contributed by atoms with van der Waals surface area (Å²) >= 11 is 1.69. The number of thiophene rings is 1. The van der Waals surface area contributed by atoms with Crippen LogP contribution in [0.25, 0.3) is 10.1 Å². The standard InChI is InChI=1S/C27H24N2O4S/c30-15-18-7-9-19(10-8-18)16-32-26-13-20(23-17-34-25-6-2-1-5-22(23)25)12-24(33-26)27(31)29-21-4-3-11-28-14-21/h1-12,14,17,20,26,30H,13,15-16H2,(H,29,31)/t20-,26+/m0/s1. The molecule has 0 fully saturated rings. The molecule has 172 valence electrons. The first kappa shape index (κ1) is 22.3. The Hall–Kier alpha value is -3.52. The molecule has 0 radical (unpaired) electrons. The molecule has 0 aliphatic carbocycles. The summed E-state index contributed by atoms with van der Waals surface area (Å²) in [5.41, 5.74) is 3.58. The summed E-state index contributed by atoms with van der Waals surface area (Å²) in [6, 6.07) is 19.4. The Morgan fingerprint density at radius 3 is 2.74 bits per heavy atom. The minimum atomic E-state index is -0.583. The number of aromatic nitrogens is 1. The van der Waals surface area contributed by atoms with Crippen molar-refractivity contribution in [2.75, 3.05) is 5.32 Å². The van der Waals surface area contributed by atoms with E-state index in [0.29, 0.717) is 18.7 Å². The normalized spacial score (nSPS) is 17.7. The van der Waals surface area contributed by atoms with Crippen LogP contribution in [-0.4, -0.2) is 22.3 Å². The fourth-order valence-corrected chi connectivity index (χ4v) is 5.01. The van der Waals surface area contributed by atoms with Gasteiger partial charge in [-0.15, -0.1) is 11.3 Å². The Bertz CT molecular complexity index is 1300. The number of pyridine rings is 1. The van der Waals surface area contributed by atoms with E-state index in [9.17, 15) is 9.90 Å². The summed E-state index contributed by atoms with van der Waals surface area (Å²) in [5.74, 6) is -0.129. The number of carbonyl (C=O) groups excluding carboxylic acids is 1. The Balaban J connectivity index is 1.38. The van der Waals surface area contributed by atoms with E-state index in [-0.39, 0.29) is 24.2 Å². The fourth-order valence-electron chi connectivity index (χ4n) is 3.98. The first-order valence-electron chi connectivity index (χ1n) is 11.1. The number of nitrogens with zero attached hydrogens (tertiary/aromatic N) is 1. The van der Waals surface area contributed by atoms with Gasteiger partial charge in [-0.05, 0) is 51.7 Å². The van der Waals surface area contributed by atoms with Crippen molar-refractivity contribution in [3.8, 4) is 0 Å². The minimum Gasteiger partial charge on any atom is -0.459 e. The molecule has 34 heavy (non-hydrogen) atoms. The van der Waals surface area contributed by atoms with Gasteiger partial charge in [0, 0.05) is 23.2 Å². The zero-order valence-corrected chi connectivity index (χ0v) is 19.2. The lowest BCUT2D eigenvalue weighted by atomic mass is 9.92. The number of aliphatic hydroxyl groups excluding tert-OH is 1. The summed E-state index contributed by atoms with van der Waals surface area (Å²) in [6.45, 7) is 0.342. The van der Waals surface area contributed by atoms with Crippen LogP contribution in [0, 0.1) is 0 Å². The molecule has 4 aromatic rings. The SMILES string of the molecule is O=C(Nc1cccnc1)C1=C[C@H](c2csc3ccccc23)C[C@H](OCc2ccc(CO)cc2)O1. The smallest absolute Gasteiger partial charge is 0.290 e. The van der Waals surface area contributed by atoms with Gasteiger partial charge in [0.05, 0.1) is 25.1 Å². The number of hydrogen-bond acceptors (Lipinski definition) is 6. The largest absolute Gasteiger partial charge is 0.459 e. The van der Waals surface area contributed by atoms with Gasteiger partial charge >= 0.3 is 0 Å². The van der Waals surface area contributed by atoms with Crippen molar-refractivity contribution in [1.29, 1.82) is 0 Å². The average Bonchev–Trinajstić information content (AvgIpc) is 3.32. The molecule has 0 saturated carbocycles. The molecular weight excluding hydrogens is 448 g/mol. The monoisotopic (exact) mass is 472 g/mol. The van der Waals surface area contributed by atoms with Crippen molar-refractivity contribution in [3.05, 3.63) is 107 Å². The Morgan fingerprint density at radius 2 is 1.94 bits per heavy atom. The Labute approximate surface area is 201 Å². The number of ether oxygens (including phenoxy) is 2. The second-order valence-electron chi connectivity index (χ2n) is 8.09. The molecule has 1 aliphatic rings. The Morgan fingerprint density at radius 1 is 1.12 bits per heavy atom. The molecule has 2 N–H and O–H groups in total. The predicted molar refractivity (Wildman–Crippen MR) is 132 cm³/mol. The number of carbonyl (C=O) groups is 1. The number of allylic oxidation sites excluding steroid dienone is 1. The third kappa shape index (κ3) is 5.02. The lowest BCUT2D eigenvalue weighted by Crippen LogP contribution is -2.29. The van der Waals surface area contributed by atoms with E-state index in [1.165, 1.54) is 10.1 Å². The van der Waals surface area contributed by atoms with Gasteiger partial charge in [0.2, 0.25) is 6.29 Å². The van der Waals surface area contributed by atoms with E-state index in [0.717, 1.165) is 16.7 Å². The highest BCUT2D eigenvalue weighted by Crippen LogP contribution is 2.38. The molecule has 0 bridgehead atoms. The van der Waals surface area contributed by atoms with Gasteiger partial charge in [0.1, 0.15) is 0 Å². The zero-order valence-electron chi connectivity index (χ0n) is 18.4. The number of aliphatic hydroxyl groups is 1. The van der Waals surface area contributed by atoms with Crippen LogP contribution in [0.1, 0.15) is 29.0 Å². The third-order valence-electron chi connectivity index (χ3n) is 5.75. The first-order valence-corrected chi connectivity index (χ1v) is 11.9. The molecule has 7 heteroatoms. The van der Waals surface area contributed by atoms with Gasteiger partial charge in [0.15, 0.2) is 5.76 Å². The topological polar surface area (TPSA) is 80.7 Å². The lowest BCUT2D eigenvalue weighted by Gasteiger charge is -2.29. The lowest BCUT2D eigenvalue weighted by molar-refractivity contribution is -0.147. The van der Waals surface area contributed by atoms with Gasteiger partial charge in [-0.25, -0.2) is 0 Å². The van der Waals surface area contributed by atoms with Crippen molar-refractivity contribution in [3.63, 3.8) is 0 Å². The molecular formula is C27H24N2O4S. The van der Waals surface area contributed by atoms with Crippen molar-refractivity contribution in [2.24, 2.45) is 0 Å². The number of fused-ring (bicyclic) bond motifs is 1. The maximum atomic E-state index is 13.0. The molecule has 0 spiro atoms. The van der Waals surface area contributed by atoms with E-state index in [4.69, 9.17) is 9.47 Å². The summed E-state index contributed by atoms with van der Waals surface area (Å²) in [6.07, 6.45) is 5.14. The molecule has 2 aromatic heterocycles. The number of anilines is 1. The van der Waals surface area contributed by atoms with Gasteiger partial charge in [-0.3, -0.25) is 9.78 Å². The molecule has 5 rings (SSSR count). The number of rotatable bonds is 7. The molecule has 1 amide bonds. The number of hydrogen-bond donors (Lipinski definition) is 2. The summed E-state index contributed by atoms with van der Waals surface area (Å²) in [5, 5.41) is 15.4. The van der Waals surface area contributed by atoms with E-state index in [2.05, 4.69) is 27.8 Å². The molecule has 3 heterocycles. The molecule has 2 atom stereocenters. The van der Waals surface area contributed by atoms with Gasteiger partial charge in [0.25, 0.3) is 5.91 Å². The van der Waals surface area contributed by atoms with Crippen LogP contribution in [-0.2, 0) is 27.5 Å². The highest BCUT2D eigenvalue weighted by atomic mass is 32.1. The van der Waals surface area contributed by atoms with E-state index < -0.39 is 6.29 Å². The third-order valence-corrected chi connectivity index (χ3v) is 6.73.